The van der Waals surface area contributed by atoms with Crippen LogP contribution >= 0.6 is 11.6 Å². The minimum atomic E-state index is -3.94. The minimum Gasteiger partial charge on any atom is -0.377 e. The van der Waals surface area contributed by atoms with E-state index >= 15 is 0 Å². The Balaban J connectivity index is 2.44. The molecule has 0 saturated carbocycles. The fraction of sp³-hybridized carbons (Fsp3) is 0.364. The van der Waals surface area contributed by atoms with Crippen LogP contribution in [0.5, 0.6) is 0 Å². The van der Waals surface area contributed by atoms with Gasteiger partial charge >= 0.3 is 0 Å². The number of benzene rings is 1. The number of rotatable bonds is 2. The molecular formula is C11H10ClFN2O3S. The maximum Gasteiger partial charge on any atom is 0.245 e. The molecule has 1 atom stereocenters. The van der Waals surface area contributed by atoms with Crippen LogP contribution < -0.4 is 0 Å². The molecule has 0 amide bonds. The molecular weight excluding hydrogens is 295 g/mol. The van der Waals surface area contributed by atoms with Gasteiger partial charge in [0, 0.05) is 6.54 Å². The van der Waals surface area contributed by atoms with Crippen molar-refractivity contribution in [2.75, 3.05) is 19.8 Å². The Morgan fingerprint density at radius 2 is 2.26 bits per heavy atom. The van der Waals surface area contributed by atoms with E-state index in [-0.39, 0.29) is 29.7 Å². The average molecular weight is 305 g/mol. The van der Waals surface area contributed by atoms with Crippen molar-refractivity contribution in [1.29, 1.82) is 5.26 Å². The fourth-order valence-electron chi connectivity index (χ4n) is 1.79. The van der Waals surface area contributed by atoms with Crippen LogP contribution in [0.25, 0.3) is 0 Å². The standard InChI is InChI=1S/C11H10ClFN2O3S/c12-10-5-8(13)1-2-11(10)19(16,17)15-3-4-18-7-9(15)6-14/h1-2,5,9H,3-4,7H2/t9-/m0/s1. The minimum absolute atomic E-state index is 0.00848. The SMILES string of the molecule is N#C[C@H]1COCCN1S(=O)(=O)c1ccc(F)cc1Cl. The van der Waals surface area contributed by atoms with Gasteiger partial charge in [-0.05, 0) is 18.2 Å². The van der Waals surface area contributed by atoms with Crippen molar-refractivity contribution < 1.29 is 17.5 Å². The summed E-state index contributed by atoms with van der Waals surface area (Å²) >= 11 is 5.76. The first-order chi connectivity index (χ1) is 8.96. The van der Waals surface area contributed by atoms with Gasteiger partial charge in [0.25, 0.3) is 0 Å². The Morgan fingerprint density at radius 1 is 1.53 bits per heavy atom. The molecule has 1 aliphatic rings. The van der Waals surface area contributed by atoms with Crippen molar-refractivity contribution in [2.45, 2.75) is 10.9 Å². The van der Waals surface area contributed by atoms with Crippen LogP contribution in [0.4, 0.5) is 4.39 Å². The Morgan fingerprint density at radius 3 is 2.89 bits per heavy atom. The van der Waals surface area contributed by atoms with Gasteiger partial charge in [-0.3, -0.25) is 0 Å². The van der Waals surface area contributed by atoms with Gasteiger partial charge in [-0.15, -0.1) is 0 Å². The fourth-order valence-corrected chi connectivity index (χ4v) is 3.80. The van der Waals surface area contributed by atoms with Gasteiger partial charge in [0.1, 0.15) is 16.8 Å². The molecule has 0 unspecified atom stereocenters. The highest BCUT2D eigenvalue weighted by Gasteiger charge is 2.35. The van der Waals surface area contributed by atoms with E-state index in [4.69, 9.17) is 21.6 Å². The van der Waals surface area contributed by atoms with E-state index in [0.717, 1.165) is 22.5 Å². The van der Waals surface area contributed by atoms with Crippen molar-refractivity contribution in [3.05, 3.63) is 29.0 Å². The molecule has 0 aliphatic carbocycles. The topological polar surface area (TPSA) is 70.4 Å². The van der Waals surface area contributed by atoms with Gasteiger partial charge in [-0.25, -0.2) is 12.8 Å². The summed E-state index contributed by atoms with van der Waals surface area (Å²) in [6.07, 6.45) is 0. The van der Waals surface area contributed by atoms with Crippen LogP contribution in [-0.2, 0) is 14.8 Å². The van der Waals surface area contributed by atoms with Gasteiger partial charge in [-0.1, -0.05) is 11.6 Å². The van der Waals surface area contributed by atoms with E-state index in [1.807, 2.05) is 6.07 Å². The number of ether oxygens (including phenoxy) is 1. The summed E-state index contributed by atoms with van der Waals surface area (Å²) in [5.74, 6) is -0.622. The van der Waals surface area contributed by atoms with Crippen LogP contribution in [0.15, 0.2) is 23.1 Å². The van der Waals surface area contributed by atoms with Gasteiger partial charge < -0.3 is 4.74 Å². The zero-order valence-electron chi connectivity index (χ0n) is 9.71. The van der Waals surface area contributed by atoms with Crippen LogP contribution in [0.3, 0.4) is 0 Å². The molecule has 0 spiro atoms. The largest absolute Gasteiger partial charge is 0.377 e. The number of sulfonamides is 1. The molecule has 0 radical (unpaired) electrons. The molecule has 0 aromatic heterocycles. The molecule has 1 aromatic carbocycles. The second kappa shape index (κ2) is 5.43. The van der Waals surface area contributed by atoms with E-state index in [2.05, 4.69) is 0 Å². The van der Waals surface area contributed by atoms with Crippen LogP contribution in [0.2, 0.25) is 5.02 Å². The Hall–Kier alpha value is -1.20. The first-order valence-corrected chi connectivity index (χ1v) is 7.23. The Kier molecular flexibility index (Phi) is 4.06. The van der Waals surface area contributed by atoms with Gasteiger partial charge in [0.05, 0.1) is 24.3 Å². The third kappa shape index (κ3) is 2.72. The second-order valence-electron chi connectivity index (χ2n) is 3.91. The maximum atomic E-state index is 13.0. The summed E-state index contributed by atoms with van der Waals surface area (Å²) in [4.78, 5) is -0.210. The highest BCUT2D eigenvalue weighted by atomic mass is 35.5. The monoisotopic (exact) mass is 304 g/mol. The van der Waals surface area contributed by atoms with E-state index in [1.165, 1.54) is 0 Å². The highest BCUT2D eigenvalue weighted by molar-refractivity contribution is 7.89. The van der Waals surface area contributed by atoms with Gasteiger partial charge in [-0.2, -0.15) is 9.57 Å². The van der Waals surface area contributed by atoms with Crippen molar-refractivity contribution in [3.63, 3.8) is 0 Å². The van der Waals surface area contributed by atoms with Crippen molar-refractivity contribution in [2.24, 2.45) is 0 Å². The quantitative estimate of drug-likeness (QED) is 0.828. The van der Waals surface area contributed by atoms with Crippen molar-refractivity contribution >= 4 is 21.6 Å². The predicted molar refractivity (Wildman–Crippen MR) is 65.5 cm³/mol. The molecule has 2 rings (SSSR count). The van der Waals surface area contributed by atoms with E-state index in [0.29, 0.717) is 0 Å². The Bertz CT molecular complexity index is 629. The summed E-state index contributed by atoms with van der Waals surface area (Å²) in [6.45, 7) is 0.277. The number of nitrogens with zero attached hydrogens (tertiary/aromatic N) is 2. The molecule has 5 nitrogen and oxygen atoms in total. The summed E-state index contributed by atoms with van der Waals surface area (Å²) < 4.78 is 43.8. The molecule has 0 bridgehead atoms. The van der Waals surface area contributed by atoms with Crippen LogP contribution in [0.1, 0.15) is 0 Å². The first-order valence-electron chi connectivity index (χ1n) is 5.41. The summed E-state index contributed by atoms with van der Waals surface area (Å²) in [6, 6.07) is 4.00. The predicted octanol–water partition coefficient (Wildman–Crippen LogP) is 1.39. The lowest BCUT2D eigenvalue weighted by molar-refractivity contribution is 0.0511. The second-order valence-corrected chi connectivity index (χ2v) is 6.18. The number of nitriles is 1. The lowest BCUT2D eigenvalue weighted by atomic mass is 10.3. The first kappa shape index (κ1) is 14.2. The lowest BCUT2D eigenvalue weighted by Crippen LogP contribution is -2.47. The molecule has 1 aromatic rings. The molecule has 0 N–H and O–H groups in total. The zero-order chi connectivity index (χ0) is 14.0. The third-order valence-electron chi connectivity index (χ3n) is 2.71. The van der Waals surface area contributed by atoms with Gasteiger partial charge in [0.2, 0.25) is 10.0 Å². The number of halogens is 2. The number of hydrogen-bond donors (Lipinski definition) is 0. The smallest absolute Gasteiger partial charge is 0.245 e. The van der Waals surface area contributed by atoms with E-state index in [9.17, 15) is 12.8 Å². The molecule has 1 saturated heterocycles. The lowest BCUT2D eigenvalue weighted by Gasteiger charge is -2.30. The number of hydrogen-bond acceptors (Lipinski definition) is 4. The highest BCUT2D eigenvalue weighted by Crippen LogP contribution is 2.27. The molecule has 1 heterocycles. The molecule has 19 heavy (non-hydrogen) atoms. The molecule has 1 aliphatic heterocycles. The van der Waals surface area contributed by atoms with Crippen LogP contribution in [0, 0.1) is 17.1 Å². The molecule has 1 fully saturated rings. The normalized spacial score (nSPS) is 21.0. The summed E-state index contributed by atoms with van der Waals surface area (Å²) in [5, 5.41) is 8.75. The van der Waals surface area contributed by atoms with E-state index < -0.39 is 21.9 Å². The maximum absolute atomic E-state index is 13.0. The summed E-state index contributed by atoms with van der Waals surface area (Å²) in [5.41, 5.74) is 0. The van der Waals surface area contributed by atoms with E-state index in [1.54, 1.807) is 0 Å². The van der Waals surface area contributed by atoms with Crippen molar-refractivity contribution in [1.82, 2.24) is 4.31 Å². The average Bonchev–Trinajstić information content (AvgIpc) is 2.38. The zero-order valence-corrected chi connectivity index (χ0v) is 11.3. The van der Waals surface area contributed by atoms with Gasteiger partial charge in [0.15, 0.2) is 0 Å². The van der Waals surface area contributed by atoms with Crippen LogP contribution in [-0.4, -0.2) is 38.5 Å². The summed E-state index contributed by atoms with van der Waals surface area (Å²) in [7, 11) is -3.94. The third-order valence-corrected chi connectivity index (χ3v) is 5.10. The Labute approximate surface area is 115 Å². The molecule has 102 valence electrons. The van der Waals surface area contributed by atoms with Crippen molar-refractivity contribution in [3.8, 4) is 6.07 Å². The molecule has 8 heteroatoms. The number of morpholine rings is 1.